The Kier molecular flexibility index (Phi) is 4.14. The monoisotopic (exact) mass is 344 g/mol. The van der Waals surface area contributed by atoms with Gasteiger partial charge in [-0.3, -0.25) is 0 Å². The van der Waals surface area contributed by atoms with E-state index in [9.17, 15) is 9.90 Å². The van der Waals surface area contributed by atoms with E-state index in [1.54, 1.807) is 7.11 Å². The summed E-state index contributed by atoms with van der Waals surface area (Å²) >= 11 is 0. The Morgan fingerprint density at radius 3 is 2.96 bits per heavy atom. The Morgan fingerprint density at radius 2 is 2.24 bits per heavy atom. The molecular formula is C20H28N2O3. The number of hydrazine groups is 1. The fraction of sp³-hybridized carbons (Fsp3) is 0.650. The molecule has 4 rings (SSSR count). The number of nitrogens with zero attached hydrogens (tertiary/aromatic N) is 2. The van der Waals surface area contributed by atoms with E-state index in [1.807, 2.05) is 13.0 Å². The van der Waals surface area contributed by atoms with Gasteiger partial charge in [0.15, 0.2) is 0 Å². The zero-order chi connectivity index (χ0) is 17.6. The van der Waals surface area contributed by atoms with Gasteiger partial charge in [-0.25, -0.2) is 14.8 Å². The molecule has 5 heteroatoms. The number of rotatable bonds is 3. The lowest BCUT2D eigenvalue weighted by atomic mass is 9.52. The first kappa shape index (κ1) is 16.7. The number of fused-ring (bicyclic) bond motifs is 1. The topological polar surface area (TPSA) is 53.0 Å². The lowest BCUT2D eigenvalue weighted by Gasteiger charge is -2.60. The van der Waals surface area contributed by atoms with Gasteiger partial charge in [0.2, 0.25) is 0 Å². The fourth-order valence-corrected chi connectivity index (χ4v) is 5.82. The molecule has 3 aliphatic rings. The first-order valence-electron chi connectivity index (χ1n) is 9.55. The van der Waals surface area contributed by atoms with E-state index in [2.05, 4.69) is 17.1 Å². The summed E-state index contributed by atoms with van der Waals surface area (Å²) in [5.74, 6) is 1.49. The van der Waals surface area contributed by atoms with E-state index >= 15 is 0 Å². The minimum absolute atomic E-state index is 0.208. The Hall–Kier alpha value is -1.75. The van der Waals surface area contributed by atoms with Gasteiger partial charge in [-0.2, -0.15) is 0 Å². The Bertz CT molecular complexity index is 677. The summed E-state index contributed by atoms with van der Waals surface area (Å²) in [6.07, 6.45) is 6.11. The van der Waals surface area contributed by atoms with Crippen LogP contribution in [0.2, 0.25) is 0 Å². The molecule has 1 saturated carbocycles. The third-order valence-corrected chi connectivity index (χ3v) is 6.85. The molecule has 1 aromatic rings. The van der Waals surface area contributed by atoms with Crippen molar-refractivity contribution in [2.75, 3.05) is 20.2 Å². The lowest BCUT2D eigenvalue weighted by Crippen LogP contribution is -2.65. The van der Waals surface area contributed by atoms with Gasteiger partial charge in [0, 0.05) is 24.5 Å². The molecule has 0 spiro atoms. The standard InChI is InChI=1S/C20H28N2O3/c1-3-21(19(23)24)22-11-10-20-9-5-4-6-16(20)18(22)12-14-7-8-15(25-2)13-17(14)20/h7-8,13,16,18H,3-6,9-12H2,1-2H3,(H,23,24)/t16-,18+,20+/m0/s1. The number of piperidine rings is 1. The molecule has 0 radical (unpaired) electrons. The van der Waals surface area contributed by atoms with Crippen LogP contribution in [-0.2, 0) is 11.8 Å². The molecular weight excluding hydrogens is 316 g/mol. The number of ether oxygens (including phenoxy) is 1. The highest BCUT2D eigenvalue weighted by Crippen LogP contribution is 2.56. The van der Waals surface area contributed by atoms with Crippen molar-refractivity contribution in [3.8, 4) is 5.75 Å². The van der Waals surface area contributed by atoms with Crippen molar-refractivity contribution in [2.45, 2.75) is 56.9 Å². The van der Waals surface area contributed by atoms with Crippen LogP contribution >= 0.6 is 0 Å². The van der Waals surface area contributed by atoms with E-state index in [1.165, 1.54) is 41.8 Å². The molecule has 5 nitrogen and oxygen atoms in total. The second-order valence-electron chi connectivity index (χ2n) is 7.71. The van der Waals surface area contributed by atoms with Gasteiger partial charge < -0.3 is 9.84 Å². The summed E-state index contributed by atoms with van der Waals surface area (Å²) in [5, 5.41) is 13.3. The Balaban J connectivity index is 1.79. The van der Waals surface area contributed by atoms with Gasteiger partial charge in [-0.15, -0.1) is 0 Å². The van der Waals surface area contributed by atoms with Crippen LogP contribution in [0.5, 0.6) is 5.75 Å². The fourth-order valence-electron chi connectivity index (χ4n) is 5.82. The highest BCUT2D eigenvalue weighted by Gasteiger charge is 2.55. The average molecular weight is 344 g/mol. The van der Waals surface area contributed by atoms with Crippen molar-refractivity contribution < 1.29 is 14.6 Å². The summed E-state index contributed by atoms with van der Waals surface area (Å²) in [7, 11) is 1.73. The van der Waals surface area contributed by atoms with Crippen LogP contribution < -0.4 is 4.74 Å². The van der Waals surface area contributed by atoms with Crippen LogP contribution in [0.25, 0.3) is 0 Å². The molecule has 3 atom stereocenters. The van der Waals surface area contributed by atoms with Crippen molar-refractivity contribution in [3.63, 3.8) is 0 Å². The smallest absolute Gasteiger partial charge is 0.421 e. The Morgan fingerprint density at radius 1 is 1.40 bits per heavy atom. The van der Waals surface area contributed by atoms with E-state index in [0.29, 0.717) is 18.5 Å². The quantitative estimate of drug-likeness (QED) is 0.909. The summed E-state index contributed by atoms with van der Waals surface area (Å²) in [6, 6.07) is 6.81. The maximum absolute atomic E-state index is 11.7. The minimum atomic E-state index is -0.827. The maximum Gasteiger partial charge on any atom is 0.421 e. The van der Waals surface area contributed by atoms with Crippen LogP contribution in [0.4, 0.5) is 4.79 Å². The minimum Gasteiger partial charge on any atom is -0.497 e. The van der Waals surface area contributed by atoms with E-state index in [4.69, 9.17) is 4.74 Å². The molecule has 1 N–H and O–H groups in total. The highest BCUT2D eigenvalue weighted by molar-refractivity contribution is 5.64. The molecule has 0 unspecified atom stereocenters. The van der Waals surface area contributed by atoms with Crippen molar-refractivity contribution in [1.82, 2.24) is 10.0 Å². The van der Waals surface area contributed by atoms with Crippen LogP contribution in [0.3, 0.4) is 0 Å². The SMILES string of the molecule is CCN(C(=O)O)N1CC[C@]23CCCC[C@H]2[C@H]1Cc1ccc(OC)cc13. The van der Waals surface area contributed by atoms with Crippen molar-refractivity contribution in [1.29, 1.82) is 0 Å². The van der Waals surface area contributed by atoms with Gasteiger partial charge in [0.1, 0.15) is 5.75 Å². The number of methoxy groups -OCH3 is 1. The largest absolute Gasteiger partial charge is 0.497 e. The van der Waals surface area contributed by atoms with Gasteiger partial charge in [-0.1, -0.05) is 18.9 Å². The molecule has 2 fully saturated rings. The van der Waals surface area contributed by atoms with Crippen LogP contribution in [0.15, 0.2) is 18.2 Å². The second-order valence-corrected chi connectivity index (χ2v) is 7.71. The molecule has 1 amide bonds. The zero-order valence-electron chi connectivity index (χ0n) is 15.2. The number of hydrogen-bond donors (Lipinski definition) is 1. The Labute approximate surface area is 149 Å². The van der Waals surface area contributed by atoms with Gasteiger partial charge in [0.05, 0.1) is 7.11 Å². The second kappa shape index (κ2) is 6.20. The third-order valence-electron chi connectivity index (χ3n) is 6.85. The van der Waals surface area contributed by atoms with Crippen molar-refractivity contribution in [2.24, 2.45) is 5.92 Å². The van der Waals surface area contributed by atoms with Crippen molar-refractivity contribution >= 4 is 6.09 Å². The van der Waals surface area contributed by atoms with Crippen LogP contribution in [0, 0.1) is 5.92 Å². The summed E-state index contributed by atoms with van der Waals surface area (Å²) in [6.45, 7) is 3.28. The van der Waals surface area contributed by atoms with E-state index < -0.39 is 6.09 Å². The molecule has 1 aliphatic heterocycles. The van der Waals surface area contributed by atoms with Gasteiger partial charge in [-0.05, 0) is 61.8 Å². The normalized spacial score (nSPS) is 31.0. The number of carbonyl (C=O) groups is 1. The molecule has 136 valence electrons. The molecule has 25 heavy (non-hydrogen) atoms. The number of benzene rings is 1. The van der Waals surface area contributed by atoms with Crippen molar-refractivity contribution in [3.05, 3.63) is 29.3 Å². The molecule has 1 heterocycles. The van der Waals surface area contributed by atoms with Gasteiger partial charge >= 0.3 is 6.09 Å². The lowest BCUT2D eigenvalue weighted by molar-refractivity contribution is -0.116. The first-order valence-corrected chi connectivity index (χ1v) is 9.55. The number of carboxylic acid groups (broad SMARTS) is 1. The van der Waals surface area contributed by atoms with Crippen LogP contribution in [0.1, 0.15) is 50.2 Å². The summed E-state index contributed by atoms with van der Waals surface area (Å²) < 4.78 is 5.51. The molecule has 2 aliphatic carbocycles. The summed E-state index contributed by atoms with van der Waals surface area (Å²) in [5.41, 5.74) is 3.07. The maximum atomic E-state index is 11.7. The highest BCUT2D eigenvalue weighted by atomic mass is 16.5. The van der Waals surface area contributed by atoms with Crippen LogP contribution in [-0.4, -0.2) is 47.5 Å². The average Bonchev–Trinajstić information content (AvgIpc) is 2.63. The van der Waals surface area contributed by atoms with E-state index in [-0.39, 0.29) is 5.41 Å². The zero-order valence-corrected chi connectivity index (χ0v) is 15.2. The third kappa shape index (κ3) is 2.43. The van der Waals surface area contributed by atoms with Gasteiger partial charge in [0.25, 0.3) is 0 Å². The molecule has 2 bridgehead atoms. The number of hydrogen-bond acceptors (Lipinski definition) is 3. The predicted octanol–water partition coefficient (Wildman–Crippen LogP) is 3.67. The summed E-state index contributed by atoms with van der Waals surface area (Å²) in [4.78, 5) is 11.7. The molecule has 0 aromatic heterocycles. The van der Waals surface area contributed by atoms with E-state index in [0.717, 1.165) is 25.1 Å². The first-order chi connectivity index (χ1) is 12.1. The molecule has 1 aromatic carbocycles. The predicted molar refractivity (Wildman–Crippen MR) is 95.8 cm³/mol. The molecule has 1 saturated heterocycles. The number of amides is 1.